The molecule has 2 N–H and O–H groups in total. The van der Waals surface area contributed by atoms with Crippen LogP contribution in [0, 0.1) is 0 Å². The zero-order valence-corrected chi connectivity index (χ0v) is 16.6. The first-order valence-electron chi connectivity index (χ1n) is 6.83. The number of thioether (sulfide) groups is 1. The van der Waals surface area contributed by atoms with Crippen molar-refractivity contribution in [2.75, 3.05) is 0 Å². The smallest absolute Gasteiger partial charge is 0.547 e. The van der Waals surface area contributed by atoms with Gasteiger partial charge in [0.1, 0.15) is 17.5 Å². The molecule has 3 heterocycles. The first kappa shape index (κ1) is 20.0. The van der Waals surface area contributed by atoms with E-state index in [1.807, 2.05) is 11.4 Å². The number of hydrogen-bond donors (Lipinski definition) is 2. The Hall–Kier alpha value is -1.33. The van der Waals surface area contributed by atoms with E-state index in [4.69, 9.17) is 5.11 Å². The van der Waals surface area contributed by atoms with Crippen LogP contribution in [0.15, 0.2) is 28.5 Å². The quantitative estimate of drug-likeness (QED) is 0.385. The molecule has 8 nitrogen and oxygen atoms in total. The third kappa shape index (κ3) is 3.77. The van der Waals surface area contributed by atoms with E-state index in [9.17, 15) is 24.3 Å². The van der Waals surface area contributed by atoms with Crippen LogP contribution < -0.4 is 40.0 Å². The molecular formula is C14H11N2NaO6S2. The van der Waals surface area contributed by atoms with Crippen molar-refractivity contribution in [3.05, 3.63) is 33.4 Å². The molecule has 0 saturated carbocycles. The molecule has 2 amide bonds. The molecule has 1 saturated heterocycles. The minimum absolute atomic E-state index is 0. The molecule has 1 aromatic rings. The van der Waals surface area contributed by atoms with E-state index in [1.165, 1.54) is 16.7 Å². The molecular weight excluding hydrogens is 379 g/mol. The van der Waals surface area contributed by atoms with Crippen LogP contribution >= 0.6 is 23.1 Å². The minimum atomic E-state index is -1.66. The van der Waals surface area contributed by atoms with Gasteiger partial charge in [0.2, 0.25) is 11.8 Å². The van der Waals surface area contributed by atoms with Crippen LogP contribution in [-0.4, -0.2) is 51.2 Å². The Balaban J connectivity index is 0.00000225. The van der Waals surface area contributed by atoms with Crippen molar-refractivity contribution in [3.63, 3.8) is 0 Å². The molecule has 0 bridgehead atoms. The van der Waals surface area contributed by atoms with Gasteiger partial charge in [0, 0.05) is 4.88 Å². The van der Waals surface area contributed by atoms with Crippen molar-refractivity contribution in [3.8, 4) is 0 Å². The van der Waals surface area contributed by atoms with Gasteiger partial charge in [0.25, 0.3) is 0 Å². The zero-order chi connectivity index (χ0) is 17.4. The maximum absolute atomic E-state index is 12.2. The second kappa shape index (κ2) is 7.92. The Labute approximate surface area is 172 Å². The summed E-state index contributed by atoms with van der Waals surface area (Å²) in [4.78, 5) is 48.3. The monoisotopic (exact) mass is 390 g/mol. The fourth-order valence-corrected chi connectivity index (χ4v) is 4.52. The summed E-state index contributed by atoms with van der Waals surface area (Å²) < 4.78 is 0. The molecule has 1 fully saturated rings. The first-order chi connectivity index (χ1) is 11.4. The number of nitrogens with one attached hydrogen (secondary N) is 1. The molecule has 2 aliphatic rings. The standard InChI is InChI=1S/C14H12N2O6S2.Na/c17-8(4-6-2-1-3-23-6)15-9-11(18)16-10(14(21)22)7(13(19)20)5-24-12(9)16;/h1-3,5,9-10,12H,4H2,(H,15,17)(H,19,20)(H,21,22);/q;+1/p-1/t9?,10?,12-;/m1./s1. The SMILES string of the molecule is O=C(Cc1cccs1)NC1C(=O)N2C(C(=O)[O-])C(C(=O)O)=CS[C@H]12.[Na+]. The molecule has 1 aromatic heterocycles. The van der Waals surface area contributed by atoms with E-state index in [0.717, 1.165) is 21.5 Å². The Kier molecular flexibility index (Phi) is 6.33. The van der Waals surface area contributed by atoms with E-state index >= 15 is 0 Å². The molecule has 0 aliphatic carbocycles. The number of rotatable bonds is 5. The van der Waals surface area contributed by atoms with Gasteiger partial charge in [0.15, 0.2) is 0 Å². The Morgan fingerprint density at radius 1 is 1.36 bits per heavy atom. The summed E-state index contributed by atoms with van der Waals surface area (Å²) in [6.07, 6.45) is 0.124. The van der Waals surface area contributed by atoms with Crippen LogP contribution in [-0.2, 0) is 25.6 Å². The minimum Gasteiger partial charge on any atom is -0.547 e. The second-order valence-electron chi connectivity index (χ2n) is 5.17. The Morgan fingerprint density at radius 2 is 2.08 bits per heavy atom. The summed E-state index contributed by atoms with van der Waals surface area (Å²) in [5.74, 6) is -4.07. The summed E-state index contributed by atoms with van der Waals surface area (Å²) in [5.41, 5.74) is -0.423. The van der Waals surface area contributed by atoms with Crippen molar-refractivity contribution >= 4 is 46.9 Å². The Morgan fingerprint density at radius 3 is 2.64 bits per heavy atom. The maximum Gasteiger partial charge on any atom is 1.00 e. The van der Waals surface area contributed by atoms with E-state index in [0.29, 0.717) is 0 Å². The molecule has 0 aromatic carbocycles. The predicted molar refractivity (Wildman–Crippen MR) is 82.7 cm³/mol. The summed E-state index contributed by atoms with van der Waals surface area (Å²) in [6, 6.07) is 1.08. The summed E-state index contributed by atoms with van der Waals surface area (Å²) in [6.45, 7) is 0. The number of thiophene rings is 1. The number of carboxylic acids is 2. The summed E-state index contributed by atoms with van der Waals surface area (Å²) in [7, 11) is 0. The second-order valence-corrected chi connectivity index (χ2v) is 7.20. The van der Waals surface area contributed by atoms with Crippen LogP contribution in [0.5, 0.6) is 0 Å². The van der Waals surface area contributed by atoms with Gasteiger partial charge >= 0.3 is 35.5 Å². The first-order valence-corrected chi connectivity index (χ1v) is 8.66. The number of amides is 2. The molecule has 25 heavy (non-hydrogen) atoms. The predicted octanol–water partition coefficient (Wildman–Crippen LogP) is -4.22. The van der Waals surface area contributed by atoms with E-state index in [2.05, 4.69) is 5.32 Å². The van der Waals surface area contributed by atoms with Crippen molar-refractivity contribution < 1.29 is 58.9 Å². The van der Waals surface area contributed by atoms with Gasteiger partial charge in [-0.05, 0) is 16.9 Å². The third-order valence-corrected chi connectivity index (χ3v) is 5.73. The summed E-state index contributed by atoms with van der Waals surface area (Å²) in [5, 5.41) is 25.2. The number of hydrogen-bond acceptors (Lipinski definition) is 7. The van der Waals surface area contributed by atoms with E-state index in [-0.39, 0.29) is 41.9 Å². The molecule has 0 radical (unpaired) electrons. The molecule has 11 heteroatoms. The fraction of sp³-hybridized carbons (Fsp3) is 0.286. The van der Waals surface area contributed by atoms with Crippen LogP contribution in [0.4, 0.5) is 0 Å². The number of fused-ring (bicyclic) bond motifs is 1. The Bertz CT molecular complexity index is 751. The summed E-state index contributed by atoms with van der Waals surface area (Å²) >= 11 is 2.40. The van der Waals surface area contributed by atoms with Gasteiger partial charge in [-0.3, -0.25) is 9.59 Å². The molecule has 2 aliphatic heterocycles. The number of β-lactam (4-membered cyclic amide) rings is 1. The van der Waals surface area contributed by atoms with Crippen LogP contribution in [0.25, 0.3) is 0 Å². The number of aliphatic carboxylic acids is 2. The number of carbonyl (C=O) groups is 4. The van der Waals surface area contributed by atoms with E-state index in [1.54, 1.807) is 6.07 Å². The van der Waals surface area contributed by atoms with Gasteiger partial charge in [-0.25, -0.2) is 4.79 Å². The number of carbonyl (C=O) groups excluding carboxylic acids is 3. The van der Waals surface area contributed by atoms with Gasteiger partial charge in [-0.2, -0.15) is 0 Å². The average Bonchev–Trinajstić information content (AvgIpc) is 3.03. The van der Waals surface area contributed by atoms with Gasteiger partial charge < -0.3 is 25.2 Å². The largest absolute Gasteiger partial charge is 1.00 e. The van der Waals surface area contributed by atoms with Gasteiger partial charge in [0.05, 0.1) is 18.0 Å². The third-order valence-electron chi connectivity index (χ3n) is 3.69. The van der Waals surface area contributed by atoms with Crippen molar-refractivity contribution in [1.29, 1.82) is 0 Å². The number of nitrogens with zero attached hydrogens (tertiary/aromatic N) is 1. The van der Waals surface area contributed by atoms with Crippen LogP contribution in [0.3, 0.4) is 0 Å². The zero-order valence-electron chi connectivity index (χ0n) is 13.0. The number of carboxylic acid groups (broad SMARTS) is 2. The molecule has 3 rings (SSSR count). The van der Waals surface area contributed by atoms with Crippen molar-refractivity contribution in [2.45, 2.75) is 23.9 Å². The molecule has 126 valence electrons. The van der Waals surface area contributed by atoms with Gasteiger partial charge in [-0.15, -0.1) is 23.1 Å². The molecule has 0 spiro atoms. The topological polar surface area (TPSA) is 127 Å². The van der Waals surface area contributed by atoms with Gasteiger partial charge in [-0.1, -0.05) is 6.07 Å². The van der Waals surface area contributed by atoms with E-state index < -0.39 is 40.9 Å². The fourth-order valence-electron chi connectivity index (χ4n) is 2.60. The van der Waals surface area contributed by atoms with Crippen LogP contribution in [0.2, 0.25) is 0 Å². The van der Waals surface area contributed by atoms with Crippen molar-refractivity contribution in [2.24, 2.45) is 0 Å². The maximum atomic E-state index is 12.2. The normalized spacial score (nSPS) is 24.3. The van der Waals surface area contributed by atoms with Crippen LogP contribution in [0.1, 0.15) is 4.88 Å². The molecule has 3 atom stereocenters. The average molecular weight is 390 g/mol. The van der Waals surface area contributed by atoms with Crippen molar-refractivity contribution in [1.82, 2.24) is 10.2 Å². The molecule has 2 unspecified atom stereocenters.